The maximum Gasteiger partial charge on any atom is 0.278 e. The van der Waals surface area contributed by atoms with Crippen LogP contribution < -0.4 is 5.56 Å². The zero-order valence-corrected chi connectivity index (χ0v) is 15.5. The smallest absolute Gasteiger partial charge is 0.278 e. The molecule has 0 bridgehead atoms. The molecule has 5 rings (SSSR count). The van der Waals surface area contributed by atoms with Gasteiger partial charge in [-0.1, -0.05) is 43.0 Å². The molecule has 6 nitrogen and oxygen atoms in total. The predicted molar refractivity (Wildman–Crippen MR) is 103 cm³/mol. The molecule has 1 aromatic carbocycles. The molecule has 0 radical (unpaired) electrons. The summed E-state index contributed by atoms with van der Waals surface area (Å²) < 4.78 is 1.43. The van der Waals surface area contributed by atoms with Crippen LogP contribution in [0.3, 0.4) is 0 Å². The number of nitrogens with one attached hydrogen (secondary N) is 1. The van der Waals surface area contributed by atoms with Gasteiger partial charge in [-0.2, -0.15) is 0 Å². The molecule has 1 aliphatic carbocycles. The highest BCUT2D eigenvalue weighted by atomic mass is 35.5. The lowest BCUT2D eigenvalue weighted by Crippen LogP contribution is -2.37. The summed E-state index contributed by atoms with van der Waals surface area (Å²) in [6.07, 6.45) is 5.53. The molecule has 1 amide bonds. The molecule has 138 valence electrons. The number of hydrogen-bond donors (Lipinski definition) is 1. The summed E-state index contributed by atoms with van der Waals surface area (Å²) in [6, 6.07) is 9.37. The normalized spacial score (nSPS) is 17.7. The van der Waals surface area contributed by atoms with Gasteiger partial charge in [0.15, 0.2) is 5.65 Å². The molecule has 3 aromatic rings. The number of H-pyrrole nitrogens is 1. The van der Waals surface area contributed by atoms with Crippen LogP contribution in [0.2, 0.25) is 5.02 Å². The molecule has 1 saturated carbocycles. The number of aromatic amines is 1. The topological polar surface area (TPSA) is 70.5 Å². The Labute approximate surface area is 160 Å². The van der Waals surface area contributed by atoms with Crippen LogP contribution in [0.4, 0.5) is 0 Å². The number of halogens is 1. The van der Waals surface area contributed by atoms with Crippen molar-refractivity contribution in [3.63, 3.8) is 0 Å². The molecule has 1 N–H and O–H groups in total. The van der Waals surface area contributed by atoms with E-state index in [9.17, 15) is 9.59 Å². The molecule has 1 fully saturated rings. The van der Waals surface area contributed by atoms with Gasteiger partial charge in [-0.3, -0.25) is 14.7 Å². The highest BCUT2D eigenvalue weighted by molar-refractivity contribution is 6.30. The van der Waals surface area contributed by atoms with Gasteiger partial charge in [0.2, 0.25) is 0 Å². The fraction of sp³-hybridized carbons (Fsp3) is 0.350. The number of amides is 1. The lowest BCUT2D eigenvalue weighted by Gasteiger charge is -2.30. The number of fused-ring (bicyclic) bond motifs is 2. The zero-order valence-electron chi connectivity index (χ0n) is 14.7. The van der Waals surface area contributed by atoms with Crippen LogP contribution in [0.15, 0.2) is 35.1 Å². The van der Waals surface area contributed by atoms with Crippen LogP contribution in [-0.2, 0) is 6.54 Å². The van der Waals surface area contributed by atoms with E-state index in [0.717, 1.165) is 36.9 Å². The van der Waals surface area contributed by atoms with Crippen molar-refractivity contribution >= 4 is 23.2 Å². The fourth-order valence-corrected chi connectivity index (χ4v) is 4.35. The molecular formula is C20H19ClN4O2. The molecule has 27 heavy (non-hydrogen) atoms. The Morgan fingerprint density at radius 1 is 1.07 bits per heavy atom. The summed E-state index contributed by atoms with van der Waals surface area (Å²) in [5.74, 6) is -0.106. The van der Waals surface area contributed by atoms with Gasteiger partial charge in [-0.25, -0.2) is 9.50 Å². The predicted octanol–water partition coefficient (Wildman–Crippen LogP) is 3.63. The van der Waals surface area contributed by atoms with E-state index < -0.39 is 0 Å². The molecule has 2 aromatic heterocycles. The minimum Gasteiger partial charge on any atom is -0.330 e. The average molecular weight is 383 g/mol. The van der Waals surface area contributed by atoms with Crippen molar-refractivity contribution in [2.45, 2.75) is 44.7 Å². The highest BCUT2D eigenvalue weighted by Crippen LogP contribution is 2.29. The Kier molecular flexibility index (Phi) is 3.82. The van der Waals surface area contributed by atoms with Crippen LogP contribution >= 0.6 is 11.6 Å². The lowest BCUT2D eigenvalue weighted by molar-refractivity contribution is 0.0656. The van der Waals surface area contributed by atoms with Crippen LogP contribution in [-0.4, -0.2) is 31.4 Å². The number of nitrogens with zero attached hydrogens (tertiary/aromatic N) is 3. The SMILES string of the molecule is O=C1c2nc3cc(-c4ccc(Cl)cc4)[nH]n3c(=O)c2CN1C1CCCCC1. The second kappa shape index (κ2) is 6.23. The van der Waals surface area contributed by atoms with E-state index in [0.29, 0.717) is 28.5 Å². The van der Waals surface area contributed by atoms with Crippen LogP contribution in [0.5, 0.6) is 0 Å². The van der Waals surface area contributed by atoms with Gasteiger partial charge < -0.3 is 4.90 Å². The monoisotopic (exact) mass is 382 g/mol. The van der Waals surface area contributed by atoms with Crippen molar-refractivity contribution in [1.82, 2.24) is 19.5 Å². The highest BCUT2D eigenvalue weighted by Gasteiger charge is 2.37. The third-order valence-corrected chi connectivity index (χ3v) is 5.92. The van der Waals surface area contributed by atoms with Crippen LogP contribution in [0, 0.1) is 0 Å². The maximum atomic E-state index is 13.0. The van der Waals surface area contributed by atoms with Crippen molar-refractivity contribution in [3.8, 4) is 11.3 Å². The third kappa shape index (κ3) is 2.67. The summed E-state index contributed by atoms with van der Waals surface area (Å²) in [4.78, 5) is 32.2. The molecular weight excluding hydrogens is 364 g/mol. The van der Waals surface area contributed by atoms with Crippen LogP contribution in [0.25, 0.3) is 16.9 Å². The number of carbonyl (C=O) groups is 1. The van der Waals surface area contributed by atoms with Gasteiger partial charge in [-0.15, -0.1) is 0 Å². The molecule has 0 spiro atoms. The molecule has 1 aliphatic heterocycles. The van der Waals surface area contributed by atoms with E-state index in [1.807, 2.05) is 17.0 Å². The van der Waals surface area contributed by atoms with Gasteiger partial charge in [0.1, 0.15) is 5.69 Å². The Bertz CT molecular complexity index is 1090. The first kappa shape index (κ1) is 16.6. The van der Waals surface area contributed by atoms with E-state index in [-0.39, 0.29) is 17.5 Å². The van der Waals surface area contributed by atoms with E-state index in [1.54, 1.807) is 18.2 Å². The van der Waals surface area contributed by atoms with Crippen molar-refractivity contribution in [2.75, 3.05) is 0 Å². The summed E-state index contributed by atoms with van der Waals surface area (Å²) in [5, 5.41) is 3.76. The Morgan fingerprint density at radius 3 is 2.56 bits per heavy atom. The van der Waals surface area contributed by atoms with Crippen molar-refractivity contribution in [1.29, 1.82) is 0 Å². The van der Waals surface area contributed by atoms with Gasteiger partial charge in [0.05, 0.1) is 17.8 Å². The largest absolute Gasteiger partial charge is 0.330 e. The Morgan fingerprint density at radius 2 is 1.81 bits per heavy atom. The molecule has 7 heteroatoms. The fourth-order valence-electron chi connectivity index (χ4n) is 4.22. The van der Waals surface area contributed by atoms with E-state index in [2.05, 4.69) is 10.1 Å². The second-order valence-electron chi connectivity index (χ2n) is 7.34. The van der Waals surface area contributed by atoms with Crippen molar-refractivity contribution in [3.05, 3.63) is 57.0 Å². The maximum absolute atomic E-state index is 13.0. The number of aromatic nitrogens is 3. The Hall–Kier alpha value is -2.60. The average Bonchev–Trinajstić information content (AvgIpc) is 3.26. The molecule has 0 saturated heterocycles. The van der Waals surface area contributed by atoms with Gasteiger partial charge in [0.25, 0.3) is 11.5 Å². The summed E-state index contributed by atoms with van der Waals surface area (Å²) in [7, 11) is 0. The van der Waals surface area contributed by atoms with Crippen molar-refractivity contribution < 1.29 is 4.79 Å². The van der Waals surface area contributed by atoms with Gasteiger partial charge in [0, 0.05) is 17.1 Å². The number of rotatable bonds is 2. The third-order valence-electron chi connectivity index (χ3n) is 5.67. The molecule has 3 heterocycles. The number of hydrogen-bond acceptors (Lipinski definition) is 3. The first-order chi connectivity index (χ1) is 13.1. The molecule has 2 aliphatic rings. The first-order valence-electron chi connectivity index (χ1n) is 9.33. The second-order valence-corrected chi connectivity index (χ2v) is 7.78. The Balaban J connectivity index is 1.55. The molecule has 0 atom stereocenters. The summed E-state index contributed by atoms with van der Waals surface area (Å²) >= 11 is 5.94. The zero-order chi connectivity index (χ0) is 18.5. The minimum atomic E-state index is -0.193. The first-order valence-corrected chi connectivity index (χ1v) is 9.71. The van der Waals surface area contributed by atoms with E-state index in [4.69, 9.17) is 11.6 Å². The van der Waals surface area contributed by atoms with Gasteiger partial charge >= 0.3 is 0 Å². The number of benzene rings is 1. The summed E-state index contributed by atoms with van der Waals surface area (Å²) in [5.41, 5.74) is 2.74. The minimum absolute atomic E-state index is 0.106. The summed E-state index contributed by atoms with van der Waals surface area (Å²) in [6.45, 7) is 0.364. The van der Waals surface area contributed by atoms with E-state index in [1.165, 1.54) is 10.9 Å². The van der Waals surface area contributed by atoms with E-state index >= 15 is 0 Å². The van der Waals surface area contributed by atoms with Crippen LogP contribution in [0.1, 0.15) is 48.2 Å². The van der Waals surface area contributed by atoms with Crippen molar-refractivity contribution in [2.24, 2.45) is 0 Å². The standard InChI is InChI=1S/C20H19ClN4O2/c21-13-8-6-12(7-9-13)16-10-17-22-18-15(19(26)25(17)23-16)11-24(20(18)27)14-4-2-1-3-5-14/h6-10,14,23H,1-5,11H2. The lowest BCUT2D eigenvalue weighted by atomic mass is 9.94. The van der Waals surface area contributed by atoms with Gasteiger partial charge in [-0.05, 0) is 30.5 Å². The molecule has 0 unspecified atom stereocenters. The number of carbonyl (C=O) groups excluding carboxylic acids is 1. The quantitative estimate of drug-likeness (QED) is 0.735.